The van der Waals surface area contributed by atoms with Crippen molar-refractivity contribution in [2.24, 2.45) is 0 Å². The quantitative estimate of drug-likeness (QED) is 0.804. The largest absolute Gasteiger partial charge is 0.335 e. The molecule has 0 aliphatic heterocycles. The molecule has 0 N–H and O–H groups in total. The molecule has 2 aromatic carbocycles. The lowest BCUT2D eigenvalue weighted by atomic mass is 10.1. The highest BCUT2D eigenvalue weighted by molar-refractivity contribution is 5.91. The van der Waals surface area contributed by atoms with Gasteiger partial charge in [-0.1, -0.05) is 42.5 Å². The van der Waals surface area contributed by atoms with Crippen molar-refractivity contribution in [3.05, 3.63) is 77.4 Å². The van der Waals surface area contributed by atoms with Gasteiger partial charge < -0.3 is 4.90 Å². The number of benzene rings is 2. The molecule has 0 saturated heterocycles. The van der Waals surface area contributed by atoms with Crippen LogP contribution in [0.3, 0.4) is 0 Å². The Bertz CT molecular complexity index is 696. The zero-order valence-electron chi connectivity index (χ0n) is 12.7. The third kappa shape index (κ3) is 3.83. The van der Waals surface area contributed by atoms with Crippen LogP contribution in [0.5, 0.6) is 0 Å². The van der Waals surface area contributed by atoms with Crippen LogP contribution in [0, 0.1) is 11.3 Å². The number of carbonyl (C=O) groups is 1. The standard InChI is InChI=1S/C19H18N2O/c1-15(18-6-4-3-5-7-18)21(2)19(22)13-12-16-8-10-17(14-20)11-9-16/h3-13,15H,1-2H3/b13-12+/t15-/m1/s1. The summed E-state index contributed by atoms with van der Waals surface area (Å²) in [5.74, 6) is -0.0549. The second-order valence-corrected chi connectivity index (χ2v) is 5.10. The van der Waals surface area contributed by atoms with Gasteiger partial charge in [0.05, 0.1) is 17.7 Å². The van der Waals surface area contributed by atoms with Gasteiger partial charge in [-0.05, 0) is 36.3 Å². The van der Waals surface area contributed by atoms with E-state index < -0.39 is 0 Å². The van der Waals surface area contributed by atoms with E-state index in [0.29, 0.717) is 5.56 Å². The van der Waals surface area contributed by atoms with Crippen LogP contribution in [-0.2, 0) is 4.79 Å². The molecule has 110 valence electrons. The van der Waals surface area contributed by atoms with E-state index in [2.05, 4.69) is 6.07 Å². The molecule has 0 aliphatic carbocycles. The number of amides is 1. The molecule has 0 aromatic heterocycles. The van der Waals surface area contributed by atoms with E-state index in [1.54, 1.807) is 36.2 Å². The predicted molar refractivity (Wildman–Crippen MR) is 87.8 cm³/mol. The number of rotatable bonds is 4. The summed E-state index contributed by atoms with van der Waals surface area (Å²) in [6.45, 7) is 2.00. The van der Waals surface area contributed by atoms with Gasteiger partial charge in [-0.15, -0.1) is 0 Å². The topological polar surface area (TPSA) is 44.1 Å². The monoisotopic (exact) mass is 290 g/mol. The highest BCUT2D eigenvalue weighted by Crippen LogP contribution is 2.18. The summed E-state index contributed by atoms with van der Waals surface area (Å²) in [4.78, 5) is 13.9. The second-order valence-electron chi connectivity index (χ2n) is 5.10. The van der Waals surface area contributed by atoms with Crippen LogP contribution in [0.4, 0.5) is 0 Å². The molecule has 0 fully saturated rings. The van der Waals surface area contributed by atoms with Gasteiger partial charge in [0.1, 0.15) is 0 Å². The van der Waals surface area contributed by atoms with Gasteiger partial charge in [0, 0.05) is 13.1 Å². The van der Waals surface area contributed by atoms with Crippen LogP contribution in [-0.4, -0.2) is 17.9 Å². The molecule has 0 radical (unpaired) electrons. The van der Waals surface area contributed by atoms with Crippen molar-refractivity contribution in [2.45, 2.75) is 13.0 Å². The second kappa shape index (κ2) is 7.24. The third-order valence-corrected chi connectivity index (χ3v) is 3.67. The first-order chi connectivity index (χ1) is 10.6. The summed E-state index contributed by atoms with van der Waals surface area (Å²) in [5.41, 5.74) is 2.61. The molecule has 0 spiro atoms. The molecule has 0 bridgehead atoms. The maximum absolute atomic E-state index is 12.2. The Balaban J connectivity index is 2.04. The molecule has 22 heavy (non-hydrogen) atoms. The summed E-state index contributed by atoms with van der Waals surface area (Å²) in [6.07, 6.45) is 3.32. The molecule has 0 unspecified atom stereocenters. The van der Waals surface area contributed by atoms with Gasteiger partial charge in [-0.25, -0.2) is 0 Å². The maximum atomic E-state index is 12.2. The van der Waals surface area contributed by atoms with Gasteiger partial charge in [-0.3, -0.25) is 4.79 Å². The first kappa shape index (κ1) is 15.5. The number of hydrogen-bond donors (Lipinski definition) is 0. The number of hydrogen-bond acceptors (Lipinski definition) is 2. The van der Waals surface area contributed by atoms with Crippen molar-refractivity contribution in [1.82, 2.24) is 4.90 Å². The Labute approximate surface area is 131 Å². The van der Waals surface area contributed by atoms with Crippen molar-refractivity contribution < 1.29 is 4.79 Å². The minimum atomic E-state index is -0.0549. The van der Waals surface area contributed by atoms with Crippen LogP contribution in [0.25, 0.3) is 6.08 Å². The van der Waals surface area contributed by atoms with Crippen LogP contribution in [0.1, 0.15) is 29.7 Å². The Hall–Kier alpha value is -2.86. The van der Waals surface area contributed by atoms with E-state index in [4.69, 9.17) is 5.26 Å². The zero-order chi connectivity index (χ0) is 15.9. The summed E-state index contributed by atoms with van der Waals surface area (Å²) < 4.78 is 0. The van der Waals surface area contributed by atoms with Crippen LogP contribution < -0.4 is 0 Å². The highest BCUT2D eigenvalue weighted by atomic mass is 16.2. The van der Waals surface area contributed by atoms with Crippen molar-refractivity contribution in [3.8, 4) is 6.07 Å². The Kier molecular flexibility index (Phi) is 5.11. The SMILES string of the molecule is C[C@H](c1ccccc1)N(C)C(=O)/C=C/c1ccc(C#N)cc1. The Morgan fingerprint density at radius 2 is 1.77 bits per heavy atom. The van der Waals surface area contributed by atoms with E-state index in [0.717, 1.165) is 11.1 Å². The van der Waals surface area contributed by atoms with E-state index in [9.17, 15) is 4.79 Å². The van der Waals surface area contributed by atoms with Crippen molar-refractivity contribution in [1.29, 1.82) is 5.26 Å². The van der Waals surface area contributed by atoms with E-state index in [1.807, 2.05) is 49.4 Å². The summed E-state index contributed by atoms with van der Waals surface area (Å²) in [6, 6.07) is 19.1. The first-order valence-corrected chi connectivity index (χ1v) is 7.12. The maximum Gasteiger partial charge on any atom is 0.246 e. The fourth-order valence-electron chi connectivity index (χ4n) is 2.10. The summed E-state index contributed by atoms with van der Waals surface area (Å²) in [7, 11) is 1.79. The molecule has 1 amide bonds. The van der Waals surface area contributed by atoms with Crippen molar-refractivity contribution in [3.63, 3.8) is 0 Å². The first-order valence-electron chi connectivity index (χ1n) is 7.12. The molecule has 0 aliphatic rings. The van der Waals surface area contributed by atoms with Crippen LogP contribution >= 0.6 is 0 Å². The number of nitriles is 1. The fraction of sp³-hybridized carbons (Fsp3) is 0.158. The molecule has 0 saturated carbocycles. The average molecular weight is 290 g/mol. The molecule has 0 heterocycles. The van der Waals surface area contributed by atoms with Gasteiger partial charge in [0.25, 0.3) is 0 Å². The molecular formula is C19H18N2O. The molecule has 2 rings (SSSR count). The van der Waals surface area contributed by atoms with Gasteiger partial charge in [0.15, 0.2) is 0 Å². The average Bonchev–Trinajstić information content (AvgIpc) is 2.59. The molecule has 2 aromatic rings. The molecule has 3 nitrogen and oxygen atoms in total. The van der Waals surface area contributed by atoms with E-state index in [-0.39, 0.29) is 11.9 Å². The molecular weight excluding hydrogens is 272 g/mol. The van der Waals surface area contributed by atoms with E-state index in [1.165, 1.54) is 0 Å². The predicted octanol–water partition coefficient (Wildman–Crippen LogP) is 3.79. The van der Waals surface area contributed by atoms with Crippen molar-refractivity contribution in [2.75, 3.05) is 7.05 Å². The lowest BCUT2D eigenvalue weighted by Gasteiger charge is -2.24. The zero-order valence-corrected chi connectivity index (χ0v) is 12.7. The third-order valence-electron chi connectivity index (χ3n) is 3.67. The molecule has 1 atom stereocenters. The van der Waals surface area contributed by atoms with Crippen LogP contribution in [0.2, 0.25) is 0 Å². The fourth-order valence-corrected chi connectivity index (χ4v) is 2.10. The minimum Gasteiger partial charge on any atom is -0.335 e. The number of nitrogens with zero attached hydrogens (tertiary/aromatic N) is 2. The number of carbonyl (C=O) groups excluding carboxylic acids is 1. The van der Waals surface area contributed by atoms with Crippen LogP contribution in [0.15, 0.2) is 60.7 Å². The van der Waals surface area contributed by atoms with Crippen molar-refractivity contribution >= 4 is 12.0 Å². The van der Waals surface area contributed by atoms with Gasteiger partial charge in [0.2, 0.25) is 5.91 Å². The number of likely N-dealkylation sites (N-methyl/N-ethyl adjacent to an activating group) is 1. The lowest BCUT2D eigenvalue weighted by molar-refractivity contribution is -0.126. The normalized spacial score (nSPS) is 11.9. The summed E-state index contributed by atoms with van der Waals surface area (Å²) in [5, 5.41) is 8.76. The summed E-state index contributed by atoms with van der Waals surface area (Å²) >= 11 is 0. The van der Waals surface area contributed by atoms with E-state index >= 15 is 0 Å². The van der Waals surface area contributed by atoms with Gasteiger partial charge in [-0.2, -0.15) is 5.26 Å². The smallest absolute Gasteiger partial charge is 0.246 e. The lowest BCUT2D eigenvalue weighted by Crippen LogP contribution is -2.27. The van der Waals surface area contributed by atoms with Gasteiger partial charge >= 0.3 is 0 Å². The Morgan fingerprint density at radius 1 is 1.14 bits per heavy atom. The molecule has 3 heteroatoms. The highest BCUT2D eigenvalue weighted by Gasteiger charge is 2.14. The minimum absolute atomic E-state index is 0.0133. The Morgan fingerprint density at radius 3 is 2.36 bits per heavy atom.